The Labute approximate surface area is 88.3 Å². The molecule has 1 aromatic heterocycles. The van der Waals surface area contributed by atoms with E-state index in [1.54, 1.807) is 11.6 Å². The van der Waals surface area contributed by atoms with Crippen LogP contribution in [0, 0.1) is 0 Å². The Bertz CT molecular complexity index is 310. The molecule has 84 valence electrons. The summed E-state index contributed by atoms with van der Waals surface area (Å²) in [6.07, 6.45) is -2.64. The zero-order valence-corrected chi connectivity index (χ0v) is 8.49. The first kappa shape index (κ1) is 12.1. The SMILES string of the molecule is O=C(CNCC(F)(F)F)Cc1nccs1. The molecule has 0 saturated carbocycles. The lowest BCUT2D eigenvalue weighted by Crippen LogP contribution is -2.33. The molecule has 0 atom stereocenters. The summed E-state index contributed by atoms with van der Waals surface area (Å²) in [6, 6.07) is 0. The Morgan fingerprint density at radius 1 is 1.53 bits per heavy atom. The van der Waals surface area contributed by atoms with Crippen LogP contribution in [0.1, 0.15) is 5.01 Å². The van der Waals surface area contributed by atoms with Gasteiger partial charge in [0, 0.05) is 11.6 Å². The Morgan fingerprint density at radius 3 is 2.80 bits per heavy atom. The Morgan fingerprint density at radius 2 is 2.27 bits per heavy atom. The maximum atomic E-state index is 11.7. The minimum Gasteiger partial charge on any atom is -0.302 e. The van der Waals surface area contributed by atoms with E-state index >= 15 is 0 Å². The van der Waals surface area contributed by atoms with Gasteiger partial charge in [-0.3, -0.25) is 4.79 Å². The van der Waals surface area contributed by atoms with E-state index in [2.05, 4.69) is 4.98 Å². The standard InChI is InChI=1S/C8H9F3N2OS/c9-8(10,11)5-12-4-6(14)3-7-13-1-2-15-7/h1-2,12H,3-5H2. The maximum Gasteiger partial charge on any atom is 0.401 e. The van der Waals surface area contributed by atoms with Crippen molar-refractivity contribution in [1.29, 1.82) is 0 Å². The average Bonchev–Trinajstić information content (AvgIpc) is 2.54. The van der Waals surface area contributed by atoms with Crippen LogP contribution in [0.2, 0.25) is 0 Å². The lowest BCUT2D eigenvalue weighted by atomic mass is 10.3. The van der Waals surface area contributed by atoms with Crippen molar-refractivity contribution in [1.82, 2.24) is 10.3 Å². The van der Waals surface area contributed by atoms with E-state index in [1.165, 1.54) is 11.3 Å². The molecule has 0 aliphatic carbocycles. The molecule has 1 N–H and O–H groups in total. The molecule has 7 heteroatoms. The van der Waals surface area contributed by atoms with Gasteiger partial charge in [-0.05, 0) is 0 Å². The van der Waals surface area contributed by atoms with Gasteiger partial charge in [0.1, 0.15) is 0 Å². The molecule has 0 amide bonds. The Balaban J connectivity index is 2.20. The van der Waals surface area contributed by atoms with Gasteiger partial charge < -0.3 is 5.32 Å². The van der Waals surface area contributed by atoms with Gasteiger partial charge in [-0.1, -0.05) is 0 Å². The summed E-state index contributed by atoms with van der Waals surface area (Å²) in [7, 11) is 0. The van der Waals surface area contributed by atoms with Gasteiger partial charge in [-0.25, -0.2) is 4.98 Å². The molecule has 3 nitrogen and oxygen atoms in total. The second kappa shape index (κ2) is 5.22. The number of ketones is 1. The molecule has 15 heavy (non-hydrogen) atoms. The average molecular weight is 238 g/mol. The van der Waals surface area contributed by atoms with Gasteiger partial charge in [0.05, 0.1) is 24.5 Å². The number of hydrogen-bond acceptors (Lipinski definition) is 4. The normalized spacial score (nSPS) is 11.7. The van der Waals surface area contributed by atoms with Crippen molar-refractivity contribution in [3.8, 4) is 0 Å². The number of thiazole rings is 1. The molecule has 0 aromatic carbocycles. The smallest absolute Gasteiger partial charge is 0.302 e. The lowest BCUT2D eigenvalue weighted by Gasteiger charge is -2.06. The number of alkyl halides is 3. The molecule has 0 saturated heterocycles. The molecule has 1 rings (SSSR count). The molecule has 0 fully saturated rings. The first-order valence-electron chi connectivity index (χ1n) is 4.15. The summed E-state index contributed by atoms with van der Waals surface area (Å²) in [6.45, 7) is -1.42. The van der Waals surface area contributed by atoms with Crippen LogP contribution in [0.15, 0.2) is 11.6 Å². The summed E-state index contributed by atoms with van der Waals surface area (Å²) in [5.41, 5.74) is 0. The van der Waals surface area contributed by atoms with Crippen LogP contribution in [-0.4, -0.2) is 30.0 Å². The van der Waals surface area contributed by atoms with Crippen LogP contribution in [0.25, 0.3) is 0 Å². The van der Waals surface area contributed by atoms with E-state index < -0.39 is 12.7 Å². The molecule has 1 heterocycles. The largest absolute Gasteiger partial charge is 0.401 e. The highest BCUT2D eigenvalue weighted by molar-refractivity contribution is 7.09. The summed E-state index contributed by atoms with van der Waals surface area (Å²) in [4.78, 5) is 15.0. The van der Waals surface area contributed by atoms with Gasteiger partial charge in [0.15, 0.2) is 5.78 Å². The molecule has 1 aromatic rings. The summed E-state index contributed by atoms with van der Waals surface area (Å²) >= 11 is 1.31. The second-order valence-electron chi connectivity index (χ2n) is 2.86. The minimum atomic E-state index is -4.28. The molecule has 0 unspecified atom stereocenters. The molecular weight excluding hydrogens is 229 g/mol. The fraction of sp³-hybridized carbons (Fsp3) is 0.500. The summed E-state index contributed by atoms with van der Waals surface area (Å²) in [5, 5.41) is 4.37. The van der Waals surface area contributed by atoms with Crippen LogP contribution in [-0.2, 0) is 11.2 Å². The zero-order chi connectivity index (χ0) is 11.3. The van der Waals surface area contributed by atoms with E-state index in [-0.39, 0.29) is 18.7 Å². The molecule has 0 bridgehead atoms. The highest BCUT2D eigenvalue weighted by Crippen LogP contribution is 2.12. The van der Waals surface area contributed by atoms with Gasteiger partial charge in [-0.15, -0.1) is 11.3 Å². The van der Waals surface area contributed by atoms with E-state index in [1.807, 2.05) is 5.32 Å². The van der Waals surface area contributed by atoms with Crippen molar-refractivity contribution in [3.63, 3.8) is 0 Å². The number of hydrogen-bond donors (Lipinski definition) is 1. The first-order valence-corrected chi connectivity index (χ1v) is 5.03. The Kier molecular flexibility index (Phi) is 4.22. The first-order chi connectivity index (χ1) is 6.97. The number of rotatable bonds is 5. The van der Waals surface area contributed by atoms with Crippen molar-refractivity contribution in [2.24, 2.45) is 0 Å². The van der Waals surface area contributed by atoms with E-state index in [0.717, 1.165) is 0 Å². The van der Waals surface area contributed by atoms with Gasteiger partial charge in [-0.2, -0.15) is 13.2 Å². The predicted molar refractivity (Wildman–Crippen MR) is 49.7 cm³/mol. The lowest BCUT2D eigenvalue weighted by molar-refractivity contribution is -0.127. The van der Waals surface area contributed by atoms with Crippen LogP contribution in [0.3, 0.4) is 0 Å². The zero-order valence-electron chi connectivity index (χ0n) is 7.67. The monoisotopic (exact) mass is 238 g/mol. The van der Waals surface area contributed by atoms with Crippen molar-refractivity contribution < 1.29 is 18.0 Å². The van der Waals surface area contributed by atoms with E-state index in [9.17, 15) is 18.0 Å². The number of halogens is 3. The van der Waals surface area contributed by atoms with E-state index in [4.69, 9.17) is 0 Å². The van der Waals surface area contributed by atoms with Crippen molar-refractivity contribution >= 4 is 17.1 Å². The van der Waals surface area contributed by atoms with Crippen LogP contribution in [0.5, 0.6) is 0 Å². The minimum absolute atomic E-state index is 0.0858. The topological polar surface area (TPSA) is 42.0 Å². The fourth-order valence-electron chi connectivity index (χ4n) is 0.915. The highest BCUT2D eigenvalue weighted by atomic mass is 32.1. The number of carbonyl (C=O) groups is 1. The summed E-state index contributed by atoms with van der Waals surface area (Å²) < 4.78 is 35.1. The van der Waals surface area contributed by atoms with Gasteiger partial charge in [0.2, 0.25) is 0 Å². The second-order valence-corrected chi connectivity index (χ2v) is 3.84. The van der Waals surface area contributed by atoms with Crippen molar-refractivity contribution in [2.75, 3.05) is 13.1 Å². The number of aromatic nitrogens is 1. The van der Waals surface area contributed by atoms with Crippen molar-refractivity contribution in [2.45, 2.75) is 12.6 Å². The van der Waals surface area contributed by atoms with Gasteiger partial charge >= 0.3 is 6.18 Å². The highest BCUT2D eigenvalue weighted by Gasteiger charge is 2.26. The fourth-order valence-corrected chi connectivity index (χ4v) is 1.56. The Hall–Kier alpha value is -0.950. The molecule has 0 radical (unpaired) electrons. The molecule has 0 aliphatic heterocycles. The predicted octanol–water partition coefficient (Wildman–Crippen LogP) is 1.41. The molecular formula is C8H9F3N2OS. The number of Topliss-reactive ketones (excluding diaryl/α,β-unsaturated/α-hetero) is 1. The third-order valence-electron chi connectivity index (χ3n) is 1.48. The molecule has 0 spiro atoms. The number of nitrogens with zero attached hydrogens (tertiary/aromatic N) is 1. The third kappa shape index (κ3) is 5.48. The van der Waals surface area contributed by atoms with Crippen molar-refractivity contribution in [3.05, 3.63) is 16.6 Å². The molecule has 0 aliphatic rings. The van der Waals surface area contributed by atoms with Crippen LogP contribution in [0.4, 0.5) is 13.2 Å². The third-order valence-corrected chi connectivity index (χ3v) is 2.26. The summed E-state index contributed by atoms with van der Waals surface area (Å²) in [5.74, 6) is -0.297. The van der Waals surface area contributed by atoms with Crippen LogP contribution >= 0.6 is 11.3 Å². The van der Waals surface area contributed by atoms with Crippen LogP contribution < -0.4 is 5.32 Å². The number of nitrogens with one attached hydrogen (secondary N) is 1. The number of carbonyl (C=O) groups excluding carboxylic acids is 1. The van der Waals surface area contributed by atoms with E-state index in [0.29, 0.717) is 5.01 Å². The quantitative estimate of drug-likeness (QED) is 0.843. The maximum absolute atomic E-state index is 11.7. The van der Waals surface area contributed by atoms with Gasteiger partial charge in [0.25, 0.3) is 0 Å².